The van der Waals surface area contributed by atoms with Gasteiger partial charge in [-0.3, -0.25) is 4.79 Å². The second-order valence-electron chi connectivity index (χ2n) is 7.84. The monoisotopic (exact) mass is 404 g/mol. The van der Waals surface area contributed by atoms with Crippen molar-refractivity contribution in [2.24, 2.45) is 0 Å². The summed E-state index contributed by atoms with van der Waals surface area (Å²) in [6.45, 7) is 8.03. The number of rotatable bonds is 6. The summed E-state index contributed by atoms with van der Waals surface area (Å²) in [7, 11) is -0.650. The molecule has 1 atom stereocenters. The largest absolute Gasteiger partial charge is 0.481 e. The first-order valence-electron chi connectivity index (χ1n) is 9.02. The minimum absolute atomic E-state index is 0.0411. The Morgan fingerprint density at radius 3 is 2.21 bits per heavy atom. The second-order valence-corrected chi connectivity index (χ2v) is 9.99. The molecule has 28 heavy (non-hydrogen) atoms. The van der Waals surface area contributed by atoms with Crippen LogP contribution in [-0.4, -0.2) is 38.8 Å². The maximum atomic E-state index is 12.4. The summed E-state index contributed by atoms with van der Waals surface area (Å²) < 4.78 is 31.3. The fourth-order valence-electron chi connectivity index (χ4n) is 2.48. The molecular formula is C21H28N2O4S. The topological polar surface area (TPSA) is 75.7 Å². The van der Waals surface area contributed by atoms with E-state index in [0.29, 0.717) is 11.4 Å². The molecule has 0 saturated heterocycles. The maximum Gasteiger partial charge on any atom is 0.265 e. The molecule has 0 radical (unpaired) electrons. The Balaban J connectivity index is 2.07. The second kappa shape index (κ2) is 8.32. The maximum absolute atomic E-state index is 12.4. The third kappa shape index (κ3) is 5.33. The van der Waals surface area contributed by atoms with Crippen LogP contribution in [0.2, 0.25) is 0 Å². The smallest absolute Gasteiger partial charge is 0.265 e. The molecule has 0 aromatic heterocycles. The lowest BCUT2D eigenvalue weighted by Crippen LogP contribution is -2.30. The highest BCUT2D eigenvalue weighted by Crippen LogP contribution is 2.25. The number of ether oxygens (including phenoxy) is 1. The highest BCUT2D eigenvalue weighted by atomic mass is 32.2. The molecule has 2 rings (SSSR count). The molecule has 2 aromatic rings. The summed E-state index contributed by atoms with van der Waals surface area (Å²) in [5, 5.41) is 2.70. The summed E-state index contributed by atoms with van der Waals surface area (Å²) in [6.07, 6.45) is -0.741. The number of hydrogen-bond acceptors (Lipinski definition) is 4. The first-order chi connectivity index (χ1) is 12.9. The number of hydrogen-bond donors (Lipinski definition) is 1. The van der Waals surface area contributed by atoms with Gasteiger partial charge in [-0.05, 0) is 48.2 Å². The Kier molecular flexibility index (Phi) is 6.52. The van der Waals surface area contributed by atoms with Crippen LogP contribution >= 0.6 is 0 Å². The summed E-state index contributed by atoms with van der Waals surface area (Å²) >= 11 is 0. The van der Waals surface area contributed by atoms with Gasteiger partial charge in [0.1, 0.15) is 5.75 Å². The van der Waals surface area contributed by atoms with Crippen molar-refractivity contribution < 1.29 is 17.9 Å². The highest BCUT2D eigenvalue weighted by molar-refractivity contribution is 7.89. The minimum Gasteiger partial charge on any atom is -0.481 e. The minimum atomic E-state index is -3.57. The molecule has 1 amide bonds. The van der Waals surface area contributed by atoms with Crippen molar-refractivity contribution in [3.63, 3.8) is 0 Å². The van der Waals surface area contributed by atoms with Crippen molar-refractivity contribution >= 4 is 21.6 Å². The van der Waals surface area contributed by atoms with E-state index < -0.39 is 16.1 Å². The molecule has 0 spiro atoms. The van der Waals surface area contributed by atoms with Crippen LogP contribution in [0.25, 0.3) is 0 Å². The van der Waals surface area contributed by atoms with Gasteiger partial charge in [-0.2, -0.15) is 0 Å². The zero-order valence-electron chi connectivity index (χ0n) is 17.2. The van der Waals surface area contributed by atoms with E-state index in [4.69, 9.17) is 4.74 Å². The van der Waals surface area contributed by atoms with Gasteiger partial charge in [0.05, 0.1) is 4.90 Å². The highest BCUT2D eigenvalue weighted by Gasteiger charge is 2.20. The zero-order valence-corrected chi connectivity index (χ0v) is 18.0. The number of carbonyl (C=O) groups excluding carboxylic acids is 1. The number of anilines is 1. The molecule has 0 fully saturated rings. The summed E-state index contributed by atoms with van der Waals surface area (Å²) in [5.41, 5.74) is 1.61. The lowest BCUT2D eigenvalue weighted by Gasteiger charge is -2.20. The van der Waals surface area contributed by atoms with Gasteiger partial charge in [0, 0.05) is 19.8 Å². The normalized spacial score (nSPS) is 13.2. The molecule has 7 heteroatoms. The molecule has 152 valence electrons. The predicted octanol–water partition coefficient (Wildman–Crippen LogP) is 3.64. The lowest BCUT2D eigenvalue weighted by molar-refractivity contribution is -0.122. The van der Waals surface area contributed by atoms with E-state index >= 15 is 0 Å². The van der Waals surface area contributed by atoms with Gasteiger partial charge in [-0.15, -0.1) is 0 Å². The average molecular weight is 405 g/mol. The van der Waals surface area contributed by atoms with Gasteiger partial charge < -0.3 is 10.1 Å². The van der Waals surface area contributed by atoms with Crippen LogP contribution in [0.1, 0.15) is 33.3 Å². The van der Waals surface area contributed by atoms with Gasteiger partial charge in [-0.25, -0.2) is 12.7 Å². The predicted molar refractivity (Wildman–Crippen MR) is 111 cm³/mol. The van der Waals surface area contributed by atoms with Crippen LogP contribution in [0, 0.1) is 0 Å². The molecule has 0 aliphatic heterocycles. The van der Waals surface area contributed by atoms with Gasteiger partial charge in [0.2, 0.25) is 10.0 Å². The molecule has 1 N–H and O–H groups in total. The fraction of sp³-hybridized carbons (Fsp3) is 0.381. The van der Waals surface area contributed by atoms with Crippen LogP contribution in [0.5, 0.6) is 5.75 Å². The molecular weight excluding hydrogens is 376 g/mol. The third-order valence-corrected chi connectivity index (χ3v) is 6.09. The van der Waals surface area contributed by atoms with Crippen LogP contribution in [0.3, 0.4) is 0 Å². The van der Waals surface area contributed by atoms with Crippen LogP contribution in [0.15, 0.2) is 53.4 Å². The SMILES string of the molecule is C[C@H](Oc1ccc(C(C)(C)C)cc1)C(=O)Nc1cccc(S(=O)(=O)N(C)C)c1. The first kappa shape index (κ1) is 21.9. The fourth-order valence-corrected chi connectivity index (χ4v) is 3.43. The number of amides is 1. The van der Waals surface area contributed by atoms with Gasteiger partial charge in [0.15, 0.2) is 6.10 Å². The van der Waals surface area contributed by atoms with Crippen LogP contribution in [-0.2, 0) is 20.2 Å². The molecule has 0 unspecified atom stereocenters. The molecule has 0 bridgehead atoms. The molecule has 0 aliphatic rings. The van der Waals surface area contributed by atoms with Gasteiger partial charge in [0.25, 0.3) is 5.91 Å². The van der Waals surface area contributed by atoms with E-state index in [0.717, 1.165) is 4.31 Å². The van der Waals surface area contributed by atoms with Crippen molar-refractivity contribution in [3.05, 3.63) is 54.1 Å². The summed E-state index contributed by atoms with van der Waals surface area (Å²) in [5.74, 6) is 0.235. The molecule has 6 nitrogen and oxygen atoms in total. The Bertz CT molecular complexity index is 930. The van der Waals surface area contributed by atoms with Crippen LogP contribution < -0.4 is 10.1 Å². The quantitative estimate of drug-likeness (QED) is 0.798. The Morgan fingerprint density at radius 1 is 1.07 bits per heavy atom. The van der Waals surface area contributed by atoms with E-state index in [2.05, 4.69) is 26.1 Å². The van der Waals surface area contributed by atoms with Crippen molar-refractivity contribution in [1.82, 2.24) is 4.31 Å². The van der Waals surface area contributed by atoms with E-state index in [1.807, 2.05) is 24.3 Å². The number of nitrogens with one attached hydrogen (secondary N) is 1. The average Bonchev–Trinajstić information content (AvgIpc) is 2.61. The number of carbonyl (C=O) groups is 1. The number of sulfonamides is 1. The van der Waals surface area contributed by atoms with Crippen molar-refractivity contribution in [1.29, 1.82) is 0 Å². The Hall–Kier alpha value is -2.38. The number of nitrogens with zero attached hydrogens (tertiary/aromatic N) is 1. The van der Waals surface area contributed by atoms with E-state index in [1.165, 1.54) is 31.8 Å². The van der Waals surface area contributed by atoms with Gasteiger partial charge >= 0.3 is 0 Å². The van der Waals surface area contributed by atoms with Crippen molar-refractivity contribution in [3.8, 4) is 5.75 Å². The summed E-state index contributed by atoms with van der Waals surface area (Å²) in [6, 6.07) is 13.8. The van der Waals surface area contributed by atoms with E-state index in [-0.39, 0.29) is 16.2 Å². The van der Waals surface area contributed by atoms with E-state index in [1.54, 1.807) is 19.1 Å². The Morgan fingerprint density at radius 2 is 1.68 bits per heavy atom. The van der Waals surface area contributed by atoms with Crippen molar-refractivity contribution in [2.45, 2.75) is 44.1 Å². The molecule has 0 heterocycles. The third-order valence-electron chi connectivity index (χ3n) is 4.28. The molecule has 2 aromatic carbocycles. The standard InChI is InChI=1S/C21H28N2O4S/c1-15(27-18-12-10-16(11-13-18)21(2,3)4)20(24)22-17-8-7-9-19(14-17)28(25,26)23(5)6/h7-15H,1-6H3,(H,22,24)/t15-/m0/s1. The number of benzene rings is 2. The van der Waals surface area contributed by atoms with Crippen LogP contribution in [0.4, 0.5) is 5.69 Å². The van der Waals surface area contributed by atoms with E-state index in [9.17, 15) is 13.2 Å². The van der Waals surface area contributed by atoms with Crippen molar-refractivity contribution in [2.75, 3.05) is 19.4 Å². The van der Waals surface area contributed by atoms with Gasteiger partial charge in [-0.1, -0.05) is 39.0 Å². The summed E-state index contributed by atoms with van der Waals surface area (Å²) in [4.78, 5) is 12.6. The molecule has 0 aliphatic carbocycles. The Labute approximate surface area is 167 Å². The molecule has 0 saturated carbocycles. The lowest BCUT2D eigenvalue weighted by atomic mass is 9.87. The zero-order chi connectivity index (χ0) is 21.1. The first-order valence-corrected chi connectivity index (χ1v) is 10.5.